The monoisotopic (exact) mass is 363 g/mol. The topological polar surface area (TPSA) is 69.7 Å². The Labute approximate surface area is 156 Å². The molecule has 1 aliphatic heterocycles. The van der Waals surface area contributed by atoms with E-state index < -0.39 is 0 Å². The minimum atomic E-state index is -0.126. The molecule has 0 aromatic carbocycles. The van der Waals surface area contributed by atoms with Crippen molar-refractivity contribution in [3.63, 3.8) is 0 Å². The molecule has 0 radical (unpaired) electrons. The maximum absolute atomic E-state index is 12.5. The lowest BCUT2D eigenvalue weighted by Gasteiger charge is -2.43. The first-order valence-electron chi connectivity index (χ1n) is 10.2. The zero-order valence-corrected chi connectivity index (χ0v) is 16.3. The molecule has 0 unspecified atom stereocenters. The maximum Gasteiger partial charge on any atom is 0.233 e. The summed E-state index contributed by atoms with van der Waals surface area (Å²) in [5.74, 6) is -0.418. The Balaban J connectivity index is 1.49. The van der Waals surface area contributed by atoms with Gasteiger partial charge < -0.3 is 10.2 Å². The van der Waals surface area contributed by atoms with Crippen LogP contribution in [0.2, 0.25) is 0 Å². The summed E-state index contributed by atoms with van der Waals surface area (Å²) in [5, 5.41) is 3.06. The van der Waals surface area contributed by atoms with Gasteiger partial charge in [-0.05, 0) is 39.8 Å². The van der Waals surface area contributed by atoms with Crippen LogP contribution in [0.15, 0.2) is 0 Å². The fourth-order valence-electron chi connectivity index (χ4n) is 5.01. The summed E-state index contributed by atoms with van der Waals surface area (Å²) in [6.07, 6.45) is 9.79. The van der Waals surface area contributed by atoms with Crippen molar-refractivity contribution in [1.29, 1.82) is 0 Å². The largest absolute Gasteiger partial charge is 0.354 e. The number of amides is 3. The van der Waals surface area contributed by atoms with Crippen LogP contribution in [0, 0.1) is 11.8 Å². The SMILES string of the molecule is CN(C)C1(CNC(=O)CCN2C(=O)[C@H]3CCCC[C@H]3C2=O)CCCCC1. The Hall–Kier alpha value is -1.43. The summed E-state index contributed by atoms with van der Waals surface area (Å²) in [6.45, 7) is 0.872. The number of carbonyl (C=O) groups is 3. The molecule has 3 fully saturated rings. The van der Waals surface area contributed by atoms with E-state index in [-0.39, 0.29) is 48.1 Å². The molecule has 1 heterocycles. The van der Waals surface area contributed by atoms with Crippen LogP contribution in [-0.2, 0) is 14.4 Å². The van der Waals surface area contributed by atoms with Crippen LogP contribution in [0.3, 0.4) is 0 Å². The van der Waals surface area contributed by atoms with E-state index in [1.807, 2.05) is 0 Å². The second-order valence-electron chi connectivity index (χ2n) is 8.53. The molecule has 0 aromatic rings. The highest BCUT2D eigenvalue weighted by molar-refractivity contribution is 6.05. The lowest BCUT2D eigenvalue weighted by atomic mass is 9.80. The molecule has 6 heteroatoms. The molecule has 3 amide bonds. The van der Waals surface area contributed by atoms with Crippen molar-refractivity contribution in [2.75, 3.05) is 27.2 Å². The van der Waals surface area contributed by atoms with Gasteiger partial charge in [0.2, 0.25) is 17.7 Å². The zero-order chi connectivity index (χ0) is 18.7. The average molecular weight is 364 g/mol. The molecule has 6 nitrogen and oxygen atoms in total. The van der Waals surface area contributed by atoms with Crippen molar-refractivity contribution in [3.05, 3.63) is 0 Å². The number of likely N-dealkylation sites (N-methyl/N-ethyl adjacent to an activating group) is 1. The molecular weight excluding hydrogens is 330 g/mol. The predicted molar refractivity (Wildman–Crippen MR) is 99.3 cm³/mol. The van der Waals surface area contributed by atoms with Crippen LogP contribution >= 0.6 is 0 Å². The lowest BCUT2D eigenvalue weighted by Crippen LogP contribution is -2.54. The number of imide groups is 1. The van der Waals surface area contributed by atoms with Gasteiger partial charge in [-0.3, -0.25) is 19.3 Å². The third-order valence-corrected chi connectivity index (χ3v) is 6.84. The summed E-state index contributed by atoms with van der Waals surface area (Å²) in [4.78, 5) is 40.9. The van der Waals surface area contributed by atoms with E-state index in [2.05, 4.69) is 24.3 Å². The number of likely N-dealkylation sites (tertiary alicyclic amines) is 1. The standard InChI is InChI=1S/C20H33N3O3/c1-22(2)20(11-6-3-7-12-20)14-21-17(24)10-13-23-18(25)15-8-4-5-9-16(15)19(23)26/h15-16H,3-14H2,1-2H3,(H,21,24)/t15-,16+. The molecule has 0 aromatic heterocycles. The van der Waals surface area contributed by atoms with Crippen molar-refractivity contribution in [1.82, 2.24) is 15.1 Å². The first-order valence-corrected chi connectivity index (χ1v) is 10.2. The molecule has 2 atom stereocenters. The summed E-state index contributed by atoms with van der Waals surface area (Å²) in [7, 11) is 4.17. The van der Waals surface area contributed by atoms with Crippen molar-refractivity contribution in [2.24, 2.45) is 11.8 Å². The van der Waals surface area contributed by atoms with Gasteiger partial charge in [-0.25, -0.2) is 0 Å². The van der Waals surface area contributed by atoms with Gasteiger partial charge in [0.05, 0.1) is 11.8 Å². The van der Waals surface area contributed by atoms with Crippen molar-refractivity contribution in [3.8, 4) is 0 Å². The van der Waals surface area contributed by atoms with Crippen LogP contribution in [-0.4, -0.2) is 60.2 Å². The molecule has 2 saturated carbocycles. The first-order chi connectivity index (χ1) is 12.4. The van der Waals surface area contributed by atoms with E-state index in [0.29, 0.717) is 6.54 Å². The molecule has 0 spiro atoms. The highest BCUT2D eigenvalue weighted by Crippen LogP contribution is 2.38. The van der Waals surface area contributed by atoms with E-state index in [1.165, 1.54) is 24.2 Å². The molecular formula is C20H33N3O3. The van der Waals surface area contributed by atoms with Crippen LogP contribution in [0.1, 0.15) is 64.2 Å². The van der Waals surface area contributed by atoms with E-state index in [4.69, 9.17) is 0 Å². The third-order valence-electron chi connectivity index (χ3n) is 6.84. The molecule has 2 aliphatic carbocycles. The highest BCUT2D eigenvalue weighted by atomic mass is 16.2. The maximum atomic E-state index is 12.5. The molecule has 3 rings (SSSR count). The lowest BCUT2D eigenvalue weighted by molar-refractivity contribution is -0.140. The zero-order valence-electron chi connectivity index (χ0n) is 16.3. The Kier molecular flexibility index (Phi) is 6.00. The van der Waals surface area contributed by atoms with Gasteiger partial charge in [-0.15, -0.1) is 0 Å². The highest BCUT2D eigenvalue weighted by Gasteiger charge is 2.47. The van der Waals surface area contributed by atoms with Gasteiger partial charge in [-0.2, -0.15) is 0 Å². The number of rotatable bonds is 6. The molecule has 1 N–H and O–H groups in total. The number of nitrogens with zero attached hydrogens (tertiary/aromatic N) is 2. The smallest absolute Gasteiger partial charge is 0.233 e. The number of hydrogen-bond donors (Lipinski definition) is 1. The Morgan fingerprint density at radius 3 is 2.15 bits per heavy atom. The molecule has 0 bridgehead atoms. The first kappa shape index (κ1) is 19.3. The fourth-order valence-corrected chi connectivity index (χ4v) is 5.01. The van der Waals surface area contributed by atoms with Gasteiger partial charge in [0.15, 0.2) is 0 Å². The minimum absolute atomic E-state index is 0.0438. The quantitative estimate of drug-likeness (QED) is 0.732. The van der Waals surface area contributed by atoms with E-state index >= 15 is 0 Å². The van der Waals surface area contributed by atoms with Gasteiger partial charge in [-0.1, -0.05) is 32.1 Å². The molecule has 1 saturated heterocycles. The van der Waals surface area contributed by atoms with Crippen LogP contribution in [0.5, 0.6) is 0 Å². The summed E-state index contributed by atoms with van der Waals surface area (Å²) in [6, 6.07) is 0. The number of nitrogens with one attached hydrogen (secondary N) is 1. The normalized spacial score (nSPS) is 28.3. The van der Waals surface area contributed by atoms with E-state index in [0.717, 1.165) is 38.5 Å². The van der Waals surface area contributed by atoms with Crippen LogP contribution in [0.4, 0.5) is 0 Å². The summed E-state index contributed by atoms with van der Waals surface area (Å²) < 4.78 is 0. The van der Waals surface area contributed by atoms with Crippen LogP contribution in [0.25, 0.3) is 0 Å². The molecule has 26 heavy (non-hydrogen) atoms. The van der Waals surface area contributed by atoms with Gasteiger partial charge in [0.1, 0.15) is 0 Å². The van der Waals surface area contributed by atoms with Crippen LogP contribution < -0.4 is 5.32 Å². The van der Waals surface area contributed by atoms with E-state index in [9.17, 15) is 14.4 Å². The summed E-state index contributed by atoms with van der Waals surface area (Å²) in [5.41, 5.74) is 0.0438. The minimum Gasteiger partial charge on any atom is -0.354 e. The Bertz CT molecular complexity index is 531. The van der Waals surface area contributed by atoms with Gasteiger partial charge >= 0.3 is 0 Å². The second-order valence-corrected chi connectivity index (χ2v) is 8.53. The van der Waals surface area contributed by atoms with Crippen molar-refractivity contribution >= 4 is 17.7 Å². The molecule has 3 aliphatic rings. The fraction of sp³-hybridized carbons (Fsp3) is 0.850. The summed E-state index contributed by atoms with van der Waals surface area (Å²) >= 11 is 0. The number of hydrogen-bond acceptors (Lipinski definition) is 4. The molecule has 146 valence electrons. The number of fused-ring (bicyclic) bond motifs is 1. The van der Waals surface area contributed by atoms with Gasteiger partial charge in [0.25, 0.3) is 0 Å². The van der Waals surface area contributed by atoms with E-state index in [1.54, 1.807) is 0 Å². The van der Waals surface area contributed by atoms with Crippen molar-refractivity contribution in [2.45, 2.75) is 69.7 Å². The number of carbonyl (C=O) groups excluding carboxylic acids is 3. The van der Waals surface area contributed by atoms with Crippen molar-refractivity contribution < 1.29 is 14.4 Å². The average Bonchev–Trinajstić information content (AvgIpc) is 2.90. The Morgan fingerprint density at radius 2 is 1.62 bits per heavy atom. The Morgan fingerprint density at radius 1 is 1.04 bits per heavy atom. The predicted octanol–water partition coefficient (Wildman–Crippen LogP) is 1.93. The van der Waals surface area contributed by atoms with Gasteiger partial charge in [0, 0.05) is 25.0 Å². The second kappa shape index (κ2) is 8.07. The third kappa shape index (κ3) is 3.80.